The van der Waals surface area contributed by atoms with E-state index >= 15 is 0 Å². The lowest BCUT2D eigenvalue weighted by Crippen LogP contribution is -2.62. The van der Waals surface area contributed by atoms with E-state index in [2.05, 4.69) is 0 Å². The number of thioether (sulfide) groups is 1. The van der Waals surface area contributed by atoms with Crippen LogP contribution in [-0.2, 0) is 20.9 Å². The van der Waals surface area contributed by atoms with Crippen LogP contribution in [0.2, 0.25) is 0 Å². The molecule has 4 atom stereocenters. The number of fused-ring (bicyclic) bond motifs is 1. The van der Waals surface area contributed by atoms with E-state index in [9.17, 15) is 19.7 Å². The summed E-state index contributed by atoms with van der Waals surface area (Å²) in [5.74, 6) is 0.0847. The lowest BCUT2D eigenvalue weighted by atomic mass is 9.85. The molecule has 0 aliphatic carbocycles. The Morgan fingerprint density at radius 1 is 1.41 bits per heavy atom. The fraction of sp³-hybridized carbons (Fsp3) is 0.556. The molecule has 2 heterocycles. The molecule has 2 fully saturated rings. The molecule has 1 aromatic rings. The molecule has 9 heteroatoms. The van der Waals surface area contributed by atoms with E-state index in [0.29, 0.717) is 12.0 Å². The zero-order valence-electron chi connectivity index (χ0n) is 14.9. The summed E-state index contributed by atoms with van der Waals surface area (Å²) in [7, 11) is 0. The molecule has 0 radical (unpaired) electrons. The van der Waals surface area contributed by atoms with Crippen molar-refractivity contribution in [2.75, 3.05) is 12.4 Å². The lowest BCUT2D eigenvalue weighted by molar-refractivity contribution is -0.384. The first-order valence-electron chi connectivity index (χ1n) is 8.92. The fourth-order valence-electron chi connectivity index (χ4n) is 3.85. The third-order valence-electron chi connectivity index (χ3n) is 5.11. The van der Waals surface area contributed by atoms with Crippen LogP contribution in [0.15, 0.2) is 24.3 Å². The van der Waals surface area contributed by atoms with Crippen molar-refractivity contribution in [3.63, 3.8) is 0 Å². The van der Waals surface area contributed by atoms with Gasteiger partial charge in [-0.3, -0.25) is 14.9 Å². The first-order valence-corrected chi connectivity index (χ1v) is 9.97. The number of hydrogen-bond donors (Lipinski definition) is 1. The topological polar surface area (TPSA) is 110 Å². The van der Waals surface area contributed by atoms with Crippen LogP contribution in [0.4, 0.5) is 5.69 Å². The molecule has 0 spiro atoms. The van der Waals surface area contributed by atoms with Gasteiger partial charge in [-0.1, -0.05) is 6.92 Å². The Balaban J connectivity index is 1.65. The van der Waals surface area contributed by atoms with Crippen LogP contribution in [-0.4, -0.2) is 56.5 Å². The molecule has 0 aromatic heterocycles. The molecule has 2 aliphatic rings. The second-order valence-corrected chi connectivity index (χ2v) is 8.15. The van der Waals surface area contributed by atoms with Crippen LogP contribution in [0.1, 0.15) is 25.3 Å². The van der Waals surface area contributed by atoms with E-state index in [1.165, 1.54) is 12.1 Å². The first-order chi connectivity index (χ1) is 13.0. The molecule has 2 saturated heterocycles. The largest absolute Gasteiger partial charge is 0.459 e. The van der Waals surface area contributed by atoms with Crippen LogP contribution < -0.4 is 0 Å². The number of amides is 1. The van der Waals surface area contributed by atoms with Gasteiger partial charge in [-0.05, 0) is 36.3 Å². The zero-order chi connectivity index (χ0) is 19.6. The van der Waals surface area contributed by atoms with Crippen molar-refractivity contribution in [1.29, 1.82) is 0 Å². The van der Waals surface area contributed by atoms with Gasteiger partial charge in [0.15, 0.2) is 0 Å². The molecule has 8 nitrogen and oxygen atoms in total. The molecule has 4 unspecified atom stereocenters. The molecule has 1 amide bonds. The Bertz CT molecular complexity index is 725. The maximum absolute atomic E-state index is 12.7. The number of nitro benzene ring substituents is 1. The quantitative estimate of drug-likeness (QED) is 0.309. The number of ether oxygens (including phenoxy) is 1. The molecule has 1 aromatic carbocycles. The van der Waals surface area contributed by atoms with Crippen LogP contribution in [0.3, 0.4) is 0 Å². The predicted molar refractivity (Wildman–Crippen MR) is 99.0 cm³/mol. The average Bonchev–Trinajstić information content (AvgIpc) is 3.00. The number of nitrogens with zero attached hydrogens (tertiary/aromatic N) is 2. The number of aliphatic hydroxyl groups is 1. The number of aliphatic hydroxyl groups excluding tert-OH is 1. The van der Waals surface area contributed by atoms with Gasteiger partial charge in [0.25, 0.3) is 5.69 Å². The first kappa shape index (κ1) is 19.6. The SMILES string of the molecule is CCSC1CC2C(CCO)C(=O)N2C1C(=O)OCc1ccc([N+](=O)[O-])cc1. The van der Waals surface area contributed by atoms with E-state index in [1.807, 2.05) is 6.92 Å². The number of carbonyl (C=O) groups excluding carboxylic acids is 2. The highest BCUT2D eigenvalue weighted by Gasteiger charge is 2.59. The Morgan fingerprint density at radius 2 is 2.11 bits per heavy atom. The second kappa shape index (κ2) is 8.26. The second-order valence-electron chi connectivity index (χ2n) is 6.64. The minimum atomic E-state index is -0.611. The molecule has 146 valence electrons. The molecule has 0 bridgehead atoms. The summed E-state index contributed by atoms with van der Waals surface area (Å²) in [4.78, 5) is 36.9. The van der Waals surface area contributed by atoms with Crippen molar-refractivity contribution in [2.45, 2.75) is 43.7 Å². The zero-order valence-corrected chi connectivity index (χ0v) is 15.8. The van der Waals surface area contributed by atoms with Crippen molar-refractivity contribution in [3.05, 3.63) is 39.9 Å². The van der Waals surface area contributed by atoms with Gasteiger partial charge in [0.2, 0.25) is 5.91 Å². The molecule has 3 rings (SSSR count). The summed E-state index contributed by atoms with van der Waals surface area (Å²) >= 11 is 1.64. The number of carbonyl (C=O) groups is 2. The van der Waals surface area contributed by atoms with Crippen molar-refractivity contribution < 1.29 is 24.4 Å². The summed E-state index contributed by atoms with van der Waals surface area (Å²) in [5, 5.41) is 19.8. The molecule has 0 saturated carbocycles. The Hall–Kier alpha value is -2.13. The number of esters is 1. The summed E-state index contributed by atoms with van der Waals surface area (Å²) < 4.78 is 5.42. The van der Waals surface area contributed by atoms with E-state index < -0.39 is 16.9 Å². The molecular formula is C18H22N2O6S. The number of benzene rings is 1. The minimum absolute atomic E-state index is 0.00358. The smallest absolute Gasteiger partial charge is 0.330 e. The van der Waals surface area contributed by atoms with Crippen molar-refractivity contribution in [1.82, 2.24) is 4.90 Å². The monoisotopic (exact) mass is 394 g/mol. The van der Waals surface area contributed by atoms with Gasteiger partial charge < -0.3 is 14.7 Å². The van der Waals surface area contributed by atoms with Crippen LogP contribution >= 0.6 is 11.8 Å². The van der Waals surface area contributed by atoms with Crippen molar-refractivity contribution in [2.24, 2.45) is 5.92 Å². The minimum Gasteiger partial charge on any atom is -0.459 e. The number of hydrogen-bond acceptors (Lipinski definition) is 7. The molecular weight excluding hydrogens is 372 g/mol. The summed E-state index contributed by atoms with van der Waals surface area (Å²) in [6.45, 7) is 1.97. The standard InChI is InChI=1S/C18H22N2O6S/c1-2-27-15-9-14-13(7-8-21)17(22)19(14)16(15)18(23)26-10-11-3-5-12(6-4-11)20(24)25/h3-6,13-16,21H,2,7-10H2,1H3. The number of nitro groups is 1. The van der Waals surface area contributed by atoms with E-state index in [1.54, 1.807) is 28.8 Å². The highest BCUT2D eigenvalue weighted by molar-refractivity contribution is 7.99. The van der Waals surface area contributed by atoms with Gasteiger partial charge in [0.05, 0.1) is 10.8 Å². The summed E-state index contributed by atoms with van der Waals surface area (Å²) in [6.07, 6.45) is 1.15. The number of rotatable bonds is 8. The maximum Gasteiger partial charge on any atom is 0.330 e. The number of non-ortho nitro benzene ring substituents is 1. The van der Waals surface area contributed by atoms with Crippen molar-refractivity contribution in [3.8, 4) is 0 Å². The van der Waals surface area contributed by atoms with E-state index in [-0.39, 0.29) is 42.0 Å². The Labute approximate surface area is 161 Å². The summed E-state index contributed by atoms with van der Waals surface area (Å²) in [6, 6.07) is 5.21. The van der Waals surface area contributed by atoms with Crippen LogP contribution in [0, 0.1) is 16.0 Å². The molecule has 1 N–H and O–H groups in total. The van der Waals surface area contributed by atoms with Crippen LogP contribution in [0.5, 0.6) is 0 Å². The number of β-lactam (4-membered cyclic amide) rings is 1. The van der Waals surface area contributed by atoms with Gasteiger partial charge in [-0.2, -0.15) is 11.8 Å². The van der Waals surface area contributed by atoms with Gasteiger partial charge in [-0.15, -0.1) is 0 Å². The van der Waals surface area contributed by atoms with Gasteiger partial charge in [0.1, 0.15) is 12.6 Å². The third-order valence-corrected chi connectivity index (χ3v) is 6.32. The van der Waals surface area contributed by atoms with Crippen molar-refractivity contribution >= 4 is 29.3 Å². The maximum atomic E-state index is 12.7. The highest BCUT2D eigenvalue weighted by atomic mass is 32.2. The Kier molecular flexibility index (Phi) is 6.01. The average molecular weight is 394 g/mol. The van der Waals surface area contributed by atoms with Gasteiger partial charge >= 0.3 is 5.97 Å². The fourth-order valence-corrected chi connectivity index (χ4v) is 5.03. The predicted octanol–water partition coefficient (Wildman–Crippen LogP) is 1.74. The molecule has 27 heavy (non-hydrogen) atoms. The third kappa shape index (κ3) is 3.79. The molecule has 2 aliphatic heterocycles. The summed E-state index contributed by atoms with van der Waals surface area (Å²) in [5.41, 5.74) is 0.625. The van der Waals surface area contributed by atoms with E-state index in [4.69, 9.17) is 9.84 Å². The van der Waals surface area contributed by atoms with Gasteiger partial charge in [0, 0.05) is 30.0 Å². The highest BCUT2D eigenvalue weighted by Crippen LogP contribution is 2.45. The Morgan fingerprint density at radius 3 is 2.70 bits per heavy atom. The van der Waals surface area contributed by atoms with E-state index in [0.717, 1.165) is 12.2 Å². The lowest BCUT2D eigenvalue weighted by Gasteiger charge is -2.44. The van der Waals surface area contributed by atoms with Crippen LogP contribution in [0.25, 0.3) is 0 Å². The normalized spacial score (nSPS) is 26.4. The van der Waals surface area contributed by atoms with Gasteiger partial charge in [-0.25, -0.2) is 4.79 Å².